The van der Waals surface area contributed by atoms with Gasteiger partial charge < -0.3 is 4.74 Å². The summed E-state index contributed by atoms with van der Waals surface area (Å²) in [4.78, 5) is 11.7. The molecular weight excluding hydrogens is 224 g/mol. The van der Waals surface area contributed by atoms with Gasteiger partial charge in [0, 0.05) is 0 Å². The molecule has 0 N–H and O–H groups in total. The third-order valence-electron chi connectivity index (χ3n) is 2.76. The van der Waals surface area contributed by atoms with Crippen molar-refractivity contribution >= 4 is 16.7 Å². The van der Waals surface area contributed by atoms with Crippen LogP contribution in [0.25, 0.3) is 10.8 Å². The normalized spacial score (nSPS) is 11.8. The molecule has 1 atom stereocenters. The van der Waals surface area contributed by atoms with Crippen LogP contribution in [0.2, 0.25) is 0 Å². The molecule has 0 aliphatic heterocycles. The second kappa shape index (κ2) is 5.37. The first kappa shape index (κ1) is 12.2. The molecule has 2 heteroatoms. The Morgan fingerprint density at radius 1 is 1.28 bits per heavy atom. The maximum Gasteiger partial charge on any atom is 0.311 e. The van der Waals surface area contributed by atoms with Gasteiger partial charge in [-0.05, 0) is 23.3 Å². The minimum Gasteiger partial charge on any atom is -0.449 e. The summed E-state index contributed by atoms with van der Waals surface area (Å²) in [6, 6.07) is 13.9. The predicted octanol–water partition coefficient (Wildman–Crippen LogP) is 2.95. The molecule has 90 valence electrons. The number of benzene rings is 2. The first-order valence-corrected chi connectivity index (χ1v) is 5.83. The van der Waals surface area contributed by atoms with Gasteiger partial charge in [-0.25, -0.2) is 0 Å². The Hall–Kier alpha value is -2.27. The lowest BCUT2D eigenvalue weighted by atomic mass is 10.0. The predicted molar refractivity (Wildman–Crippen MR) is 72.0 cm³/mol. The Kier molecular flexibility index (Phi) is 3.64. The van der Waals surface area contributed by atoms with Crippen LogP contribution in [-0.4, -0.2) is 12.1 Å². The number of ether oxygens (including phenoxy) is 1. The number of esters is 1. The largest absolute Gasteiger partial charge is 0.449 e. The van der Waals surface area contributed by atoms with Crippen molar-refractivity contribution < 1.29 is 9.53 Å². The fourth-order valence-electron chi connectivity index (χ4n) is 1.87. The molecule has 2 aromatic rings. The van der Waals surface area contributed by atoms with Crippen molar-refractivity contribution in [1.29, 1.82) is 0 Å². The van der Waals surface area contributed by atoms with Gasteiger partial charge in [0.15, 0.2) is 6.10 Å². The van der Waals surface area contributed by atoms with Crippen LogP contribution in [-0.2, 0) is 16.0 Å². The highest BCUT2D eigenvalue weighted by molar-refractivity contribution is 5.89. The monoisotopic (exact) mass is 238 g/mol. The summed E-state index contributed by atoms with van der Waals surface area (Å²) in [5.74, 6) is 2.08. The van der Waals surface area contributed by atoms with Crippen molar-refractivity contribution in [3.63, 3.8) is 0 Å². The Morgan fingerprint density at radius 3 is 2.78 bits per heavy atom. The summed E-state index contributed by atoms with van der Waals surface area (Å²) in [5.41, 5.74) is 0.960. The van der Waals surface area contributed by atoms with Gasteiger partial charge in [0.2, 0.25) is 0 Å². The van der Waals surface area contributed by atoms with Gasteiger partial charge in [-0.3, -0.25) is 4.79 Å². The lowest BCUT2D eigenvalue weighted by Gasteiger charge is -2.09. The zero-order valence-electron chi connectivity index (χ0n) is 10.2. The van der Waals surface area contributed by atoms with E-state index in [9.17, 15) is 4.79 Å². The molecule has 0 fully saturated rings. The van der Waals surface area contributed by atoms with Gasteiger partial charge in [0.1, 0.15) is 0 Å². The van der Waals surface area contributed by atoms with E-state index in [0.717, 1.165) is 16.3 Å². The van der Waals surface area contributed by atoms with Crippen molar-refractivity contribution in [2.45, 2.75) is 19.4 Å². The van der Waals surface area contributed by atoms with Crippen LogP contribution in [0.1, 0.15) is 12.5 Å². The maximum atomic E-state index is 11.7. The molecule has 2 aromatic carbocycles. The molecule has 2 nitrogen and oxygen atoms in total. The van der Waals surface area contributed by atoms with Gasteiger partial charge in [-0.2, -0.15) is 0 Å². The molecule has 0 amide bonds. The van der Waals surface area contributed by atoms with Crippen LogP contribution in [0, 0.1) is 12.3 Å². The van der Waals surface area contributed by atoms with Crippen LogP contribution in [0.5, 0.6) is 0 Å². The van der Waals surface area contributed by atoms with Crippen molar-refractivity contribution in [3.8, 4) is 12.3 Å². The molecule has 0 saturated carbocycles. The summed E-state index contributed by atoms with van der Waals surface area (Å²) in [6.45, 7) is 1.68. The molecule has 2 rings (SSSR count). The zero-order valence-corrected chi connectivity index (χ0v) is 10.2. The van der Waals surface area contributed by atoms with Gasteiger partial charge in [0.05, 0.1) is 6.42 Å². The minimum atomic E-state index is -0.479. The van der Waals surface area contributed by atoms with E-state index in [1.54, 1.807) is 6.92 Å². The van der Waals surface area contributed by atoms with Crippen LogP contribution in [0.4, 0.5) is 0 Å². The molecule has 0 spiro atoms. The number of hydrogen-bond acceptors (Lipinski definition) is 2. The molecule has 1 unspecified atom stereocenters. The summed E-state index contributed by atoms with van der Waals surface area (Å²) in [7, 11) is 0. The Morgan fingerprint density at radius 2 is 2.00 bits per heavy atom. The van der Waals surface area contributed by atoms with Crippen molar-refractivity contribution in [2.75, 3.05) is 0 Å². The van der Waals surface area contributed by atoms with Gasteiger partial charge >= 0.3 is 5.97 Å². The first-order chi connectivity index (χ1) is 8.70. The summed E-state index contributed by atoms with van der Waals surface area (Å²) in [6.07, 6.45) is 4.94. The highest BCUT2D eigenvalue weighted by atomic mass is 16.5. The highest BCUT2D eigenvalue weighted by Gasteiger charge is 2.10. The van der Waals surface area contributed by atoms with Crippen LogP contribution in [0.15, 0.2) is 42.5 Å². The summed E-state index contributed by atoms with van der Waals surface area (Å²) in [5, 5.41) is 2.19. The van der Waals surface area contributed by atoms with E-state index in [-0.39, 0.29) is 12.4 Å². The molecule has 0 aliphatic carbocycles. The van der Waals surface area contributed by atoms with Crippen LogP contribution < -0.4 is 0 Å². The third-order valence-corrected chi connectivity index (χ3v) is 2.76. The molecule has 0 radical (unpaired) electrons. The second-order valence-electron chi connectivity index (χ2n) is 4.11. The van der Waals surface area contributed by atoms with Crippen LogP contribution in [0.3, 0.4) is 0 Å². The van der Waals surface area contributed by atoms with E-state index in [1.807, 2.05) is 42.5 Å². The zero-order chi connectivity index (χ0) is 13.0. The number of fused-ring (bicyclic) bond motifs is 1. The number of hydrogen-bond donors (Lipinski definition) is 0. The topological polar surface area (TPSA) is 26.3 Å². The quantitative estimate of drug-likeness (QED) is 0.607. The van der Waals surface area contributed by atoms with E-state index < -0.39 is 6.10 Å². The number of carbonyl (C=O) groups excluding carboxylic acids is 1. The molecule has 0 aromatic heterocycles. The average molecular weight is 238 g/mol. The van der Waals surface area contributed by atoms with Crippen molar-refractivity contribution in [3.05, 3.63) is 48.0 Å². The smallest absolute Gasteiger partial charge is 0.311 e. The first-order valence-electron chi connectivity index (χ1n) is 5.83. The van der Waals surface area contributed by atoms with Gasteiger partial charge in [-0.1, -0.05) is 48.4 Å². The molecule has 18 heavy (non-hydrogen) atoms. The van der Waals surface area contributed by atoms with Crippen LogP contribution >= 0.6 is 0 Å². The van der Waals surface area contributed by atoms with E-state index in [4.69, 9.17) is 11.2 Å². The molecule has 0 heterocycles. The molecule has 0 saturated heterocycles. The van der Waals surface area contributed by atoms with Gasteiger partial charge in [-0.15, -0.1) is 6.42 Å². The van der Waals surface area contributed by atoms with Gasteiger partial charge in [0.25, 0.3) is 0 Å². The fourth-order valence-corrected chi connectivity index (χ4v) is 1.87. The van der Waals surface area contributed by atoms with E-state index in [0.29, 0.717) is 0 Å². The molecule has 0 bridgehead atoms. The van der Waals surface area contributed by atoms with E-state index >= 15 is 0 Å². The summed E-state index contributed by atoms with van der Waals surface area (Å²) < 4.78 is 5.08. The number of carbonyl (C=O) groups is 1. The van der Waals surface area contributed by atoms with Crippen molar-refractivity contribution in [2.24, 2.45) is 0 Å². The van der Waals surface area contributed by atoms with E-state index in [1.165, 1.54) is 0 Å². The van der Waals surface area contributed by atoms with E-state index in [2.05, 4.69) is 5.92 Å². The Labute approximate surface area is 107 Å². The number of terminal acetylenes is 1. The minimum absolute atomic E-state index is 0.243. The fraction of sp³-hybridized carbons (Fsp3) is 0.188. The average Bonchev–Trinajstić information content (AvgIpc) is 2.39. The third kappa shape index (κ3) is 2.70. The lowest BCUT2D eigenvalue weighted by Crippen LogP contribution is -2.15. The Bertz CT molecular complexity index is 603. The standard InChI is InChI=1S/C16H14O2/c1-3-12(2)18-16(17)11-14-9-6-8-13-7-4-5-10-15(13)14/h1,4-10,12H,11H2,2H3. The maximum absolute atomic E-state index is 11.7. The lowest BCUT2D eigenvalue weighted by molar-refractivity contribution is -0.144. The molecular formula is C16H14O2. The number of rotatable bonds is 3. The summed E-state index contributed by atoms with van der Waals surface area (Å²) >= 11 is 0. The SMILES string of the molecule is C#CC(C)OC(=O)Cc1cccc2ccccc12. The van der Waals surface area contributed by atoms with Crippen molar-refractivity contribution in [1.82, 2.24) is 0 Å². The highest BCUT2D eigenvalue weighted by Crippen LogP contribution is 2.19. The molecule has 0 aliphatic rings. The Balaban J connectivity index is 2.22. The second-order valence-corrected chi connectivity index (χ2v) is 4.11.